The van der Waals surface area contributed by atoms with Crippen LogP contribution >= 0.6 is 11.6 Å². The van der Waals surface area contributed by atoms with E-state index in [-0.39, 0.29) is 28.6 Å². The molecule has 11 heteroatoms. The fourth-order valence-corrected chi connectivity index (χ4v) is 4.02. The third-order valence-corrected chi connectivity index (χ3v) is 5.87. The van der Waals surface area contributed by atoms with Crippen molar-refractivity contribution in [2.75, 3.05) is 5.32 Å². The Hall–Kier alpha value is -3.60. The minimum atomic E-state index is -4.12. The first-order valence-electron chi connectivity index (χ1n) is 9.33. The lowest BCUT2D eigenvalue weighted by Crippen LogP contribution is -2.18. The number of nitrogens with one attached hydrogen (secondary N) is 1. The van der Waals surface area contributed by atoms with Gasteiger partial charge in [0, 0.05) is 28.7 Å². The highest BCUT2D eigenvalue weighted by Gasteiger charge is 2.18. The molecule has 0 atom stereocenters. The molecular weight excluding hydrogens is 452 g/mol. The first kappa shape index (κ1) is 21.6. The average molecular weight is 469 g/mol. The number of sulfonamides is 1. The second kappa shape index (κ2) is 8.87. The Kier molecular flexibility index (Phi) is 5.99. The van der Waals surface area contributed by atoms with E-state index in [0.717, 1.165) is 0 Å². The molecule has 0 saturated heterocycles. The fraction of sp³-hybridized carbons (Fsp3) is 0.0476. The van der Waals surface area contributed by atoms with Gasteiger partial charge in [0.05, 0.1) is 24.0 Å². The van der Waals surface area contributed by atoms with Crippen LogP contribution in [0, 0.1) is 0 Å². The maximum atomic E-state index is 12.4. The largest absolute Gasteiger partial charge is 0.326 e. The predicted molar refractivity (Wildman–Crippen MR) is 120 cm³/mol. The summed E-state index contributed by atoms with van der Waals surface area (Å²) in [6.07, 6.45) is 6.21. The van der Waals surface area contributed by atoms with Crippen LogP contribution in [-0.4, -0.2) is 34.1 Å². The van der Waals surface area contributed by atoms with Crippen molar-refractivity contribution in [3.63, 3.8) is 0 Å². The molecule has 32 heavy (non-hydrogen) atoms. The van der Waals surface area contributed by atoms with Crippen molar-refractivity contribution < 1.29 is 13.2 Å². The summed E-state index contributed by atoms with van der Waals surface area (Å²) in [5.41, 5.74) is 2.47. The van der Waals surface area contributed by atoms with Crippen molar-refractivity contribution in [2.45, 2.75) is 11.3 Å². The van der Waals surface area contributed by atoms with E-state index < -0.39 is 10.0 Å². The van der Waals surface area contributed by atoms with Gasteiger partial charge in [-0.05, 0) is 35.9 Å². The highest BCUT2D eigenvalue weighted by molar-refractivity contribution is 7.89. The SMILES string of the molecule is NS(=O)(=O)c1cc(NC(=O)Cc2ccccc2Cl)ccc1-n1cc(-c2ccncn2)cn1. The number of halogens is 1. The topological polar surface area (TPSA) is 133 Å². The van der Waals surface area contributed by atoms with Crippen molar-refractivity contribution in [1.82, 2.24) is 19.7 Å². The molecule has 2 heterocycles. The molecule has 9 nitrogen and oxygen atoms in total. The van der Waals surface area contributed by atoms with Gasteiger partial charge in [0.15, 0.2) is 0 Å². The Balaban J connectivity index is 1.62. The summed E-state index contributed by atoms with van der Waals surface area (Å²) in [7, 11) is -4.12. The predicted octanol–water partition coefficient (Wildman–Crippen LogP) is 2.81. The average Bonchev–Trinajstić information content (AvgIpc) is 3.25. The monoisotopic (exact) mass is 468 g/mol. The molecule has 1 amide bonds. The Labute approximate surface area is 188 Å². The van der Waals surface area contributed by atoms with Gasteiger partial charge in [0.25, 0.3) is 0 Å². The lowest BCUT2D eigenvalue weighted by Gasteiger charge is -2.12. The maximum Gasteiger partial charge on any atom is 0.240 e. The van der Waals surface area contributed by atoms with Crippen LogP contribution in [0.3, 0.4) is 0 Å². The molecule has 162 valence electrons. The highest BCUT2D eigenvalue weighted by atomic mass is 35.5. The van der Waals surface area contributed by atoms with Gasteiger partial charge in [-0.15, -0.1) is 0 Å². The second-order valence-electron chi connectivity index (χ2n) is 6.81. The number of carbonyl (C=O) groups excluding carboxylic acids is 1. The molecule has 0 aliphatic heterocycles. The van der Waals surface area contributed by atoms with Crippen LogP contribution in [0.4, 0.5) is 5.69 Å². The molecular formula is C21H17ClN6O3S. The van der Waals surface area contributed by atoms with Crippen molar-refractivity contribution in [3.8, 4) is 16.9 Å². The van der Waals surface area contributed by atoms with Crippen LogP contribution in [0.5, 0.6) is 0 Å². The standard InChI is InChI=1S/C21H17ClN6O3S/c22-17-4-2-1-3-14(17)9-21(29)27-16-5-6-19(20(10-16)32(23,30)31)28-12-15(11-26-28)18-7-8-24-13-25-18/h1-8,10-13H,9H2,(H,27,29)(H2,23,30,31). The maximum absolute atomic E-state index is 12.4. The molecule has 0 aliphatic rings. The molecule has 0 spiro atoms. The molecule has 2 aromatic heterocycles. The first-order chi connectivity index (χ1) is 15.3. The normalized spacial score (nSPS) is 11.3. The molecule has 0 saturated carbocycles. The van der Waals surface area contributed by atoms with Crippen LogP contribution in [0.1, 0.15) is 5.56 Å². The smallest absolute Gasteiger partial charge is 0.240 e. The van der Waals surface area contributed by atoms with E-state index in [9.17, 15) is 13.2 Å². The molecule has 3 N–H and O–H groups in total. The molecule has 0 aliphatic carbocycles. The molecule has 2 aromatic carbocycles. The molecule has 0 radical (unpaired) electrons. The van der Waals surface area contributed by atoms with Gasteiger partial charge in [0.2, 0.25) is 15.9 Å². The van der Waals surface area contributed by atoms with E-state index in [2.05, 4.69) is 20.4 Å². The fourth-order valence-electron chi connectivity index (χ4n) is 3.08. The quantitative estimate of drug-likeness (QED) is 0.447. The van der Waals surface area contributed by atoms with Crippen molar-refractivity contribution >= 4 is 33.2 Å². The first-order valence-corrected chi connectivity index (χ1v) is 11.3. The number of hydrogen-bond donors (Lipinski definition) is 2. The Bertz CT molecular complexity index is 1390. The van der Waals surface area contributed by atoms with Gasteiger partial charge in [-0.3, -0.25) is 4.79 Å². The summed E-state index contributed by atoms with van der Waals surface area (Å²) < 4.78 is 25.9. The summed E-state index contributed by atoms with van der Waals surface area (Å²) in [5.74, 6) is -0.351. The number of carbonyl (C=O) groups is 1. The summed E-state index contributed by atoms with van der Waals surface area (Å²) in [4.78, 5) is 20.3. The summed E-state index contributed by atoms with van der Waals surface area (Å²) >= 11 is 6.10. The van der Waals surface area contributed by atoms with Crippen LogP contribution in [0.25, 0.3) is 16.9 Å². The van der Waals surface area contributed by atoms with Gasteiger partial charge in [-0.2, -0.15) is 5.10 Å². The zero-order chi connectivity index (χ0) is 22.7. The lowest BCUT2D eigenvalue weighted by atomic mass is 10.1. The number of nitrogens with two attached hydrogens (primary N) is 1. The summed E-state index contributed by atoms with van der Waals surface area (Å²) in [6.45, 7) is 0. The molecule has 4 aromatic rings. The summed E-state index contributed by atoms with van der Waals surface area (Å²) in [6, 6.07) is 13.1. The van der Waals surface area contributed by atoms with Crippen molar-refractivity contribution in [3.05, 3.63) is 84.0 Å². The highest BCUT2D eigenvalue weighted by Crippen LogP contribution is 2.25. The number of anilines is 1. The Morgan fingerprint density at radius 1 is 1.16 bits per heavy atom. The van der Waals surface area contributed by atoms with E-state index >= 15 is 0 Å². The van der Waals surface area contributed by atoms with Gasteiger partial charge in [-0.1, -0.05) is 29.8 Å². The van der Waals surface area contributed by atoms with Gasteiger partial charge >= 0.3 is 0 Å². The van der Waals surface area contributed by atoms with E-state index in [4.69, 9.17) is 16.7 Å². The number of amides is 1. The van der Waals surface area contributed by atoms with E-state index in [1.807, 2.05) is 0 Å². The molecule has 0 bridgehead atoms. The van der Waals surface area contributed by atoms with E-state index in [0.29, 0.717) is 21.8 Å². The van der Waals surface area contributed by atoms with Gasteiger partial charge < -0.3 is 5.32 Å². The molecule has 0 unspecified atom stereocenters. The lowest BCUT2D eigenvalue weighted by molar-refractivity contribution is -0.115. The minimum absolute atomic E-state index is 0.0353. The number of nitrogens with zero attached hydrogens (tertiary/aromatic N) is 4. The van der Waals surface area contributed by atoms with E-state index in [1.54, 1.807) is 55.0 Å². The zero-order valence-corrected chi connectivity index (χ0v) is 18.1. The Morgan fingerprint density at radius 3 is 2.69 bits per heavy atom. The van der Waals surface area contributed by atoms with Crippen LogP contribution in [0.15, 0.2) is 78.3 Å². The number of benzene rings is 2. The van der Waals surface area contributed by atoms with Crippen LogP contribution in [-0.2, 0) is 21.2 Å². The van der Waals surface area contributed by atoms with Crippen LogP contribution < -0.4 is 10.5 Å². The third-order valence-electron chi connectivity index (χ3n) is 4.57. The summed E-state index contributed by atoms with van der Waals surface area (Å²) in [5, 5.41) is 12.8. The molecule has 0 fully saturated rings. The van der Waals surface area contributed by atoms with Gasteiger partial charge in [-0.25, -0.2) is 28.2 Å². The van der Waals surface area contributed by atoms with Crippen LogP contribution in [0.2, 0.25) is 5.02 Å². The van der Waals surface area contributed by atoms with Gasteiger partial charge in [0.1, 0.15) is 11.2 Å². The van der Waals surface area contributed by atoms with Crippen molar-refractivity contribution in [2.24, 2.45) is 5.14 Å². The Morgan fingerprint density at radius 2 is 1.97 bits per heavy atom. The number of rotatable bonds is 6. The number of hydrogen-bond acceptors (Lipinski definition) is 6. The number of primary sulfonamides is 1. The zero-order valence-electron chi connectivity index (χ0n) is 16.5. The van der Waals surface area contributed by atoms with Crippen molar-refractivity contribution in [1.29, 1.82) is 0 Å². The number of aromatic nitrogens is 4. The molecule has 4 rings (SSSR count). The van der Waals surface area contributed by atoms with E-state index in [1.165, 1.54) is 23.1 Å². The minimum Gasteiger partial charge on any atom is -0.326 e. The third kappa shape index (κ3) is 4.83. The second-order valence-corrected chi connectivity index (χ2v) is 8.75.